The van der Waals surface area contributed by atoms with Crippen molar-refractivity contribution in [3.05, 3.63) is 29.7 Å². The van der Waals surface area contributed by atoms with Crippen LogP contribution in [0.4, 0.5) is 0 Å². The van der Waals surface area contributed by atoms with Crippen LogP contribution in [0.3, 0.4) is 0 Å². The van der Waals surface area contributed by atoms with Crippen LogP contribution >= 0.6 is 11.3 Å². The van der Waals surface area contributed by atoms with E-state index in [1.54, 1.807) is 12.5 Å². The molecule has 0 radical (unpaired) electrons. The minimum absolute atomic E-state index is 0.369. The molecule has 2 aromatic rings. The van der Waals surface area contributed by atoms with E-state index in [1.807, 2.05) is 11.4 Å². The Hall–Kier alpha value is -1.60. The first-order valence-electron chi connectivity index (χ1n) is 3.74. The number of furan rings is 1. The van der Waals surface area contributed by atoms with Gasteiger partial charge in [-0.3, -0.25) is 0 Å². The van der Waals surface area contributed by atoms with Gasteiger partial charge in [0.25, 0.3) is 0 Å². The topological polar surface area (TPSA) is 49.8 Å². The van der Waals surface area contributed by atoms with Crippen LogP contribution in [-0.4, -0.2) is 4.98 Å². The molecule has 0 aliphatic rings. The number of rotatable bonds is 2. The predicted octanol–water partition coefficient (Wildman–Crippen LogP) is 2.47. The standard InChI is InChI=1S/C9H6N2OS/c10-3-1-8-6-13-9(11-8)7-2-4-12-5-7/h2,4-6H,1H2. The zero-order valence-corrected chi connectivity index (χ0v) is 7.54. The molecule has 0 saturated heterocycles. The Labute approximate surface area is 79.3 Å². The first-order chi connectivity index (χ1) is 6.40. The summed E-state index contributed by atoms with van der Waals surface area (Å²) in [4.78, 5) is 4.28. The van der Waals surface area contributed by atoms with Crippen molar-refractivity contribution in [2.24, 2.45) is 0 Å². The minimum atomic E-state index is 0.369. The predicted molar refractivity (Wildman–Crippen MR) is 49.1 cm³/mol. The molecule has 64 valence electrons. The summed E-state index contributed by atoms with van der Waals surface area (Å²) in [5.74, 6) is 0. The van der Waals surface area contributed by atoms with Gasteiger partial charge in [-0.2, -0.15) is 5.26 Å². The summed E-state index contributed by atoms with van der Waals surface area (Å²) in [6.07, 6.45) is 3.63. The summed E-state index contributed by atoms with van der Waals surface area (Å²) in [6, 6.07) is 3.92. The maximum Gasteiger partial charge on any atom is 0.126 e. The molecule has 0 amide bonds. The van der Waals surface area contributed by atoms with Crippen molar-refractivity contribution in [2.45, 2.75) is 6.42 Å². The lowest BCUT2D eigenvalue weighted by Gasteiger charge is -1.85. The third-order valence-corrected chi connectivity index (χ3v) is 2.52. The van der Waals surface area contributed by atoms with Crippen LogP contribution in [0.1, 0.15) is 5.69 Å². The fourth-order valence-corrected chi connectivity index (χ4v) is 1.79. The van der Waals surface area contributed by atoms with Gasteiger partial charge in [0.15, 0.2) is 0 Å². The number of aromatic nitrogens is 1. The van der Waals surface area contributed by atoms with Crippen molar-refractivity contribution < 1.29 is 4.42 Å². The Balaban J connectivity index is 2.29. The van der Waals surface area contributed by atoms with E-state index < -0.39 is 0 Å². The normalized spacial score (nSPS) is 9.77. The lowest BCUT2D eigenvalue weighted by molar-refractivity contribution is 0.568. The van der Waals surface area contributed by atoms with E-state index in [-0.39, 0.29) is 0 Å². The van der Waals surface area contributed by atoms with Gasteiger partial charge in [0.05, 0.1) is 24.4 Å². The summed E-state index contributed by atoms with van der Waals surface area (Å²) in [5.41, 5.74) is 1.79. The minimum Gasteiger partial charge on any atom is -0.472 e. The number of thiazole rings is 1. The van der Waals surface area contributed by atoms with E-state index in [1.165, 1.54) is 11.3 Å². The van der Waals surface area contributed by atoms with E-state index in [4.69, 9.17) is 9.68 Å². The van der Waals surface area contributed by atoms with Crippen LogP contribution in [0, 0.1) is 11.3 Å². The van der Waals surface area contributed by atoms with Gasteiger partial charge in [-0.05, 0) is 6.07 Å². The monoisotopic (exact) mass is 190 g/mol. The maximum absolute atomic E-state index is 8.46. The fraction of sp³-hybridized carbons (Fsp3) is 0.111. The van der Waals surface area contributed by atoms with E-state index in [9.17, 15) is 0 Å². The Morgan fingerprint density at radius 1 is 1.62 bits per heavy atom. The highest BCUT2D eigenvalue weighted by Gasteiger charge is 2.04. The molecule has 4 heteroatoms. The Morgan fingerprint density at radius 3 is 3.23 bits per heavy atom. The molecule has 0 spiro atoms. The lowest BCUT2D eigenvalue weighted by Crippen LogP contribution is -1.80. The summed E-state index contributed by atoms with van der Waals surface area (Å²) in [5, 5.41) is 11.3. The third-order valence-electron chi connectivity index (χ3n) is 1.58. The van der Waals surface area contributed by atoms with Crippen LogP contribution in [0.25, 0.3) is 10.6 Å². The van der Waals surface area contributed by atoms with Crippen LogP contribution in [0.15, 0.2) is 28.4 Å². The van der Waals surface area contributed by atoms with Crippen molar-refractivity contribution >= 4 is 11.3 Å². The molecule has 0 aliphatic heterocycles. The molecule has 2 aromatic heterocycles. The molecule has 2 rings (SSSR count). The maximum atomic E-state index is 8.46. The highest BCUT2D eigenvalue weighted by Crippen LogP contribution is 2.23. The number of nitrogens with zero attached hydrogens (tertiary/aromatic N) is 2. The van der Waals surface area contributed by atoms with Gasteiger partial charge < -0.3 is 4.42 Å². The molecule has 0 saturated carbocycles. The molecule has 0 aromatic carbocycles. The molecule has 0 aliphatic carbocycles. The van der Waals surface area contributed by atoms with Gasteiger partial charge in [0, 0.05) is 10.9 Å². The molecule has 2 heterocycles. The smallest absolute Gasteiger partial charge is 0.126 e. The molecule has 3 nitrogen and oxygen atoms in total. The second-order valence-electron chi connectivity index (χ2n) is 2.49. The van der Waals surface area contributed by atoms with Crippen molar-refractivity contribution in [3.63, 3.8) is 0 Å². The Kier molecular flexibility index (Phi) is 2.11. The second-order valence-corrected chi connectivity index (χ2v) is 3.35. The highest BCUT2D eigenvalue weighted by atomic mass is 32.1. The molecule has 0 fully saturated rings. The molecule has 0 atom stereocenters. The van der Waals surface area contributed by atoms with Gasteiger partial charge in [-0.1, -0.05) is 0 Å². The molecule has 0 bridgehead atoms. The van der Waals surface area contributed by atoms with Crippen molar-refractivity contribution in [2.75, 3.05) is 0 Å². The van der Waals surface area contributed by atoms with Crippen molar-refractivity contribution in [3.8, 4) is 16.6 Å². The number of nitriles is 1. The molecular formula is C9H6N2OS. The Bertz CT molecular complexity index is 425. The molecule has 0 N–H and O–H groups in total. The summed E-state index contributed by atoms with van der Waals surface area (Å²) in [7, 11) is 0. The van der Waals surface area contributed by atoms with E-state index >= 15 is 0 Å². The zero-order chi connectivity index (χ0) is 9.10. The lowest BCUT2D eigenvalue weighted by atomic mass is 10.3. The number of hydrogen-bond donors (Lipinski definition) is 0. The molecule has 0 unspecified atom stereocenters. The zero-order valence-electron chi connectivity index (χ0n) is 6.73. The SMILES string of the molecule is N#CCc1csc(-c2ccoc2)n1. The van der Waals surface area contributed by atoms with E-state index in [2.05, 4.69) is 11.1 Å². The van der Waals surface area contributed by atoms with Gasteiger partial charge >= 0.3 is 0 Å². The van der Waals surface area contributed by atoms with E-state index in [0.29, 0.717) is 6.42 Å². The van der Waals surface area contributed by atoms with Gasteiger partial charge in [0.2, 0.25) is 0 Å². The van der Waals surface area contributed by atoms with Crippen molar-refractivity contribution in [1.29, 1.82) is 5.26 Å². The van der Waals surface area contributed by atoms with Gasteiger partial charge in [-0.25, -0.2) is 4.98 Å². The quantitative estimate of drug-likeness (QED) is 0.730. The highest BCUT2D eigenvalue weighted by molar-refractivity contribution is 7.13. The summed E-state index contributed by atoms with van der Waals surface area (Å²) < 4.78 is 4.94. The average molecular weight is 190 g/mol. The largest absolute Gasteiger partial charge is 0.472 e. The third kappa shape index (κ3) is 1.60. The second kappa shape index (κ2) is 3.42. The fourth-order valence-electron chi connectivity index (χ4n) is 0.988. The summed E-state index contributed by atoms with van der Waals surface area (Å²) in [6.45, 7) is 0. The van der Waals surface area contributed by atoms with Crippen LogP contribution in [0.2, 0.25) is 0 Å². The molecule has 13 heavy (non-hydrogen) atoms. The first kappa shape index (κ1) is 8.02. The van der Waals surface area contributed by atoms with E-state index in [0.717, 1.165) is 16.3 Å². The van der Waals surface area contributed by atoms with Crippen molar-refractivity contribution in [1.82, 2.24) is 4.98 Å². The van der Waals surface area contributed by atoms with Crippen LogP contribution < -0.4 is 0 Å². The Morgan fingerprint density at radius 2 is 2.54 bits per heavy atom. The van der Waals surface area contributed by atoms with Crippen LogP contribution in [-0.2, 0) is 6.42 Å². The summed E-state index contributed by atoms with van der Waals surface area (Å²) >= 11 is 1.52. The number of hydrogen-bond acceptors (Lipinski definition) is 4. The molecular weight excluding hydrogens is 184 g/mol. The van der Waals surface area contributed by atoms with Gasteiger partial charge in [-0.15, -0.1) is 11.3 Å². The average Bonchev–Trinajstić information content (AvgIpc) is 2.70. The first-order valence-corrected chi connectivity index (χ1v) is 4.62. The van der Waals surface area contributed by atoms with Gasteiger partial charge in [0.1, 0.15) is 11.3 Å². The van der Waals surface area contributed by atoms with Crippen LogP contribution in [0.5, 0.6) is 0 Å².